The Morgan fingerprint density at radius 1 is 1.03 bits per heavy atom. The van der Waals surface area contributed by atoms with Crippen molar-refractivity contribution in [2.24, 2.45) is 0 Å². The minimum atomic E-state index is -0.0903. The molecule has 1 aliphatic carbocycles. The lowest BCUT2D eigenvalue weighted by atomic mass is 10.0. The zero-order valence-electron chi connectivity index (χ0n) is 17.4. The molecule has 1 unspecified atom stereocenters. The highest BCUT2D eigenvalue weighted by Crippen LogP contribution is 2.27. The minimum Gasteiger partial charge on any atom is -0.497 e. The number of carbonyl (C=O) groups excluding carboxylic acids is 1. The third-order valence-electron chi connectivity index (χ3n) is 5.38. The van der Waals surface area contributed by atoms with Gasteiger partial charge in [-0.2, -0.15) is 0 Å². The highest BCUT2D eigenvalue weighted by molar-refractivity contribution is 5.98. The number of hydrogen-bond donors (Lipinski definition) is 0. The Hall–Kier alpha value is -2.65. The number of hydrogen-bond acceptors (Lipinski definition) is 3. The lowest BCUT2D eigenvalue weighted by molar-refractivity contribution is -0.115. The van der Waals surface area contributed by atoms with Crippen molar-refractivity contribution in [3.05, 3.63) is 89.0 Å². The summed E-state index contributed by atoms with van der Waals surface area (Å²) in [5, 5.41) is 0. The summed E-state index contributed by atoms with van der Waals surface area (Å²) >= 11 is 0. The maximum absolute atomic E-state index is 12.2. The van der Waals surface area contributed by atoms with E-state index in [1.165, 1.54) is 11.1 Å². The molecule has 0 aliphatic heterocycles. The van der Waals surface area contributed by atoms with Gasteiger partial charge in [-0.25, -0.2) is 0 Å². The SMILES string of the molecule is COc1cccc(CC/C=C/C(CC2=C(C)CCC2=O)OCc2ccccc2)c1. The van der Waals surface area contributed by atoms with Crippen LogP contribution < -0.4 is 4.74 Å². The summed E-state index contributed by atoms with van der Waals surface area (Å²) < 4.78 is 11.5. The van der Waals surface area contributed by atoms with E-state index in [-0.39, 0.29) is 11.9 Å². The third-order valence-corrected chi connectivity index (χ3v) is 5.38. The summed E-state index contributed by atoms with van der Waals surface area (Å²) in [7, 11) is 1.69. The van der Waals surface area contributed by atoms with Gasteiger partial charge in [-0.15, -0.1) is 0 Å². The predicted octanol–water partition coefficient (Wildman–Crippen LogP) is 5.84. The molecule has 0 bridgehead atoms. The zero-order valence-corrected chi connectivity index (χ0v) is 17.4. The van der Waals surface area contributed by atoms with Crippen LogP contribution >= 0.6 is 0 Å². The molecule has 1 atom stereocenters. The molecule has 0 spiro atoms. The van der Waals surface area contributed by atoms with Crippen molar-refractivity contribution in [1.82, 2.24) is 0 Å². The first-order valence-corrected chi connectivity index (χ1v) is 10.3. The Labute approximate surface area is 174 Å². The van der Waals surface area contributed by atoms with Crippen LogP contribution in [0.15, 0.2) is 77.9 Å². The third kappa shape index (κ3) is 6.43. The molecule has 0 saturated carbocycles. The molecule has 0 aromatic heterocycles. The first-order valence-electron chi connectivity index (χ1n) is 10.3. The summed E-state index contributed by atoms with van der Waals surface area (Å²) in [6.45, 7) is 2.62. The number of methoxy groups -OCH3 is 1. The molecule has 1 aliphatic rings. The number of ether oxygens (including phenoxy) is 2. The Balaban J connectivity index is 1.61. The van der Waals surface area contributed by atoms with Gasteiger partial charge in [-0.05, 0) is 55.0 Å². The number of benzene rings is 2. The Kier molecular flexibility index (Phi) is 7.83. The van der Waals surface area contributed by atoms with Crippen LogP contribution in [0.1, 0.15) is 43.7 Å². The maximum Gasteiger partial charge on any atom is 0.159 e. The fraction of sp³-hybridized carbons (Fsp3) is 0.346. The van der Waals surface area contributed by atoms with Crippen LogP contribution in [0.2, 0.25) is 0 Å². The standard InChI is InChI=1S/C26H30O3/c1-20-15-16-26(27)25(20)18-24(29-19-22-10-4-3-5-11-22)13-7-6-9-21-12-8-14-23(17-21)28-2/h3-5,7-8,10-14,17,24H,6,9,15-16,18-19H2,1-2H3/b13-7+. The molecule has 3 nitrogen and oxygen atoms in total. The van der Waals surface area contributed by atoms with Crippen LogP contribution in [0, 0.1) is 0 Å². The summed E-state index contributed by atoms with van der Waals surface area (Å²) in [5.74, 6) is 1.17. The molecule has 0 saturated heterocycles. The second-order valence-corrected chi connectivity index (χ2v) is 7.54. The Morgan fingerprint density at radius 2 is 1.83 bits per heavy atom. The first kappa shape index (κ1) is 21.1. The zero-order chi connectivity index (χ0) is 20.5. The minimum absolute atomic E-state index is 0.0903. The van der Waals surface area contributed by atoms with Crippen LogP contribution in [-0.2, 0) is 22.6 Å². The fourth-order valence-corrected chi connectivity index (χ4v) is 3.62. The van der Waals surface area contributed by atoms with E-state index < -0.39 is 0 Å². The van der Waals surface area contributed by atoms with E-state index in [1.807, 2.05) is 30.3 Å². The van der Waals surface area contributed by atoms with Gasteiger partial charge < -0.3 is 9.47 Å². The smallest absolute Gasteiger partial charge is 0.159 e. The molecule has 29 heavy (non-hydrogen) atoms. The average Bonchev–Trinajstić information content (AvgIpc) is 3.07. The molecule has 2 aromatic carbocycles. The summed E-state index contributed by atoms with van der Waals surface area (Å²) in [6, 6.07) is 18.3. The van der Waals surface area contributed by atoms with E-state index in [0.717, 1.165) is 36.1 Å². The molecule has 3 rings (SSSR count). The van der Waals surface area contributed by atoms with Crippen molar-refractivity contribution in [3.63, 3.8) is 0 Å². The quantitative estimate of drug-likeness (QED) is 0.478. The molecule has 2 aromatic rings. The van der Waals surface area contributed by atoms with E-state index in [9.17, 15) is 4.79 Å². The van der Waals surface area contributed by atoms with Crippen LogP contribution in [-0.4, -0.2) is 19.0 Å². The van der Waals surface area contributed by atoms with Gasteiger partial charge in [0.2, 0.25) is 0 Å². The second-order valence-electron chi connectivity index (χ2n) is 7.54. The summed E-state index contributed by atoms with van der Waals surface area (Å²) in [5.41, 5.74) is 4.57. The number of carbonyl (C=O) groups is 1. The summed E-state index contributed by atoms with van der Waals surface area (Å²) in [4.78, 5) is 12.2. The molecular weight excluding hydrogens is 360 g/mol. The Bertz CT molecular complexity index is 865. The summed E-state index contributed by atoms with van der Waals surface area (Å²) in [6.07, 6.45) is 8.26. The molecule has 0 radical (unpaired) electrons. The Morgan fingerprint density at radius 3 is 2.55 bits per heavy atom. The highest BCUT2D eigenvalue weighted by atomic mass is 16.5. The predicted molar refractivity (Wildman–Crippen MR) is 117 cm³/mol. The topological polar surface area (TPSA) is 35.5 Å². The van der Waals surface area contributed by atoms with Crippen molar-refractivity contribution in [2.75, 3.05) is 7.11 Å². The van der Waals surface area contributed by atoms with Gasteiger partial charge in [-0.3, -0.25) is 4.79 Å². The van der Waals surface area contributed by atoms with E-state index in [1.54, 1.807) is 7.11 Å². The molecule has 0 heterocycles. The largest absolute Gasteiger partial charge is 0.497 e. The molecule has 0 amide bonds. The maximum atomic E-state index is 12.2. The number of Topliss-reactive ketones (excluding diaryl/α,β-unsaturated/α-hetero) is 1. The van der Waals surface area contributed by atoms with E-state index >= 15 is 0 Å². The van der Waals surface area contributed by atoms with Gasteiger partial charge in [0.25, 0.3) is 0 Å². The van der Waals surface area contributed by atoms with Crippen molar-refractivity contribution in [1.29, 1.82) is 0 Å². The molecular formula is C26H30O3. The van der Waals surface area contributed by atoms with Gasteiger partial charge in [-0.1, -0.05) is 60.2 Å². The number of ketones is 1. The number of aryl methyl sites for hydroxylation is 1. The molecule has 3 heteroatoms. The first-order chi connectivity index (χ1) is 14.2. The molecule has 152 valence electrons. The van der Waals surface area contributed by atoms with Crippen molar-refractivity contribution < 1.29 is 14.3 Å². The lowest BCUT2D eigenvalue weighted by Crippen LogP contribution is -2.14. The van der Waals surface area contributed by atoms with Crippen LogP contribution in [0.4, 0.5) is 0 Å². The normalized spacial score (nSPS) is 15.3. The van der Waals surface area contributed by atoms with E-state index in [2.05, 4.69) is 43.3 Å². The monoisotopic (exact) mass is 390 g/mol. The molecule has 0 fully saturated rings. The van der Waals surface area contributed by atoms with Crippen molar-refractivity contribution in [3.8, 4) is 5.75 Å². The van der Waals surface area contributed by atoms with Crippen LogP contribution in [0.5, 0.6) is 5.75 Å². The highest BCUT2D eigenvalue weighted by Gasteiger charge is 2.22. The van der Waals surface area contributed by atoms with Crippen LogP contribution in [0.3, 0.4) is 0 Å². The second kappa shape index (κ2) is 10.8. The van der Waals surface area contributed by atoms with E-state index in [0.29, 0.717) is 19.4 Å². The van der Waals surface area contributed by atoms with Gasteiger partial charge in [0.1, 0.15) is 5.75 Å². The molecule has 0 N–H and O–H groups in total. The van der Waals surface area contributed by atoms with Gasteiger partial charge in [0.05, 0.1) is 19.8 Å². The lowest BCUT2D eigenvalue weighted by Gasteiger charge is -2.16. The number of rotatable bonds is 10. The van der Waals surface area contributed by atoms with Crippen molar-refractivity contribution >= 4 is 5.78 Å². The fourth-order valence-electron chi connectivity index (χ4n) is 3.62. The van der Waals surface area contributed by atoms with Gasteiger partial charge in [0, 0.05) is 12.8 Å². The van der Waals surface area contributed by atoms with E-state index in [4.69, 9.17) is 9.47 Å². The van der Waals surface area contributed by atoms with Gasteiger partial charge in [0.15, 0.2) is 5.78 Å². The van der Waals surface area contributed by atoms with Crippen molar-refractivity contribution in [2.45, 2.75) is 51.7 Å². The average molecular weight is 391 g/mol. The van der Waals surface area contributed by atoms with Gasteiger partial charge >= 0.3 is 0 Å². The number of allylic oxidation sites excluding steroid dienone is 2. The van der Waals surface area contributed by atoms with Crippen LogP contribution in [0.25, 0.3) is 0 Å².